The molecular formula is C12H10F3N3O2. The molecule has 5 nitrogen and oxygen atoms in total. The van der Waals surface area contributed by atoms with Gasteiger partial charge in [0.2, 0.25) is 0 Å². The third-order valence-corrected chi connectivity index (χ3v) is 3.15. The highest BCUT2D eigenvalue weighted by Gasteiger charge is 2.64. The molecule has 1 N–H and O–H groups in total. The second-order valence-electron chi connectivity index (χ2n) is 4.39. The van der Waals surface area contributed by atoms with Gasteiger partial charge in [0, 0.05) is 5.56 Å². The Kier molecular flexibility index (Phi) is 2.63. The van der Waals surface area contributed by atoms with Crippen molar-refractivity contribution in [1.29, 1.82) is 0 Å². The molecule has 1 aromatic rings. The molecule has 2 heterocycles. The zero-order valence-electron chi connectivity index (χ0n) is 10.1. The van der Waals surface area contributed by atoms with Crippen molar-refractivity contribution in [3.63, 3.8) is 0 Å². The number of fused-ring (bicyclic) bond motifs is 1. The largest absolute Gasteiger partial charge is 0.453 e. The summed E-state index contributed by atoms with van der Waals surface area (Å²) in [5, 5.41) is 1.92. The molecule has 2 aliphatic heterocycles. The molecule has 0 radical (unpaired) electrons. The Morgan fingerprint density at radius 1 is 1.30 bits per heavy atom. The Morgan fingerprint density at radius 3 is 2.65 bits per heavy atom. The third-order valence-electron chi connectivity index (χ3n) is 3.15. The minimum absolute atomic E-state index is 0.199. The predicted octanol–water partition coefficient (Wildman–Crippen LogP) is 1.81. The number of nitrogens with one attached hydrogen (secondary N) is 1. The lowest BCUT2D eigenvalue weighted by Gasteiger charge is -2.41. The minimum Gasteiger partial charge on any atom is -0.424 e. The predicted molar refractivity (Wildman–Crippen MR) is 62.8 cm³/mol. The molecule has 0 spiro atoms. The van der Waals surface area contributed by atoms with E-state index >= 15 is 0 Å². The van der Waals surface area contributed by atoms with E-state index in [0.717, 1.165) is 4.90 Å². The van der Waals surface area contributed by atoms with Gasteiger partial charge in [-0.25, -0.2) is 14.7 Å². The number of alkyl halides is 3. The highest BCUT2D eigenvalue weighted by atomic mass is 19.4. The molecule has 8 heteroatoms. The van der Waals surface area contributed by atoms with Gasteiger partial charge in [-0.2, -0.15) is 13.2 Å². The van der Waals surface area contributed by atoms with Crippen molar-refractivity contribution in [2.75, 3.05) is 13.1 Å². The highest BCUT2D eigenvalue weighted by molar-refractivity contribution is 5.97. The molecule has 20 heavy (non-hydrogen) atoms. The fourth-order valence-corrected chi connectivity index (χ4v) is 2.18. The molecule has 0 unspecified atom stereocenters. The van der Waals surface area contributed by atoms with E-state index in [9.17, 15) is 18.0 Å². The Hall–Kier alpha value is -2.25. The number of amides is 2. The number of halogens is 3. The smallest absolute Gasteiger partial charge is 0.424 e. The van der Waals surface area contributed by atoms with Gasteiger partial charge >= 0.3 is 17.9 Å². The van der Waals surface area contributed by atoms with Gasteiger partial charge in [-0.3, -0.25) is 5.32 Å². The number of hydrogen-bond acceptors (Lipinski definition) is 3. The van der Waals surface area contributed by atoms with E-state index < -0.39 is 17.9 Å². The Bertz CT molecular complexity index is 573. The van der Waals surface area contributed by atoms with Crippen molar-refractivity contribution in [2.45, 2.75) is 11.9 Å². The van der Waals surface area contributed by atoms with Gasteiger partial charge < -0.3 is 4.74 Å². The number of urea groups is 1. The lowest BCUT2D eigenvalue weighted by atomic mass is 10.0. The van der Waals surface area contributed by atoms with Crippen LogP contribution in [0.1, 0.15) is 5.56 Å². The summed E-state index contributed by atoms with van der Waals surface area (Å²) in [7, 11) is 0. The van der Waals surface area contributed by atoms with E-state index in [0.29, 0.717) is 0 Å². The summed E-state index contributed by atoms with van der Waals surface area (Å²) in [4.78, 5) is 16.7. The van der Waals surface area contributed by atoms with Gasteiger partial charge in [0.1, 0.15) is 0 Å². The molecule has 3 rings (SSSR count). The van der Waals surface area contributed by atoms with Crippen LogP contribution in [0.5, 0.6) is 0 Å². The molecular weight excluding hydrogens is 275 g/mol. The topological polar surface area (TPSA) is 53.9 Å². The van der Waals surface area contributed by atoms with Crippen LogP contribution < -0.4 is 5.32 Å². The minimum atomic E-state index is -4.82. The zero-order valence-corrected chi connectivity index (χ0v) is 10.1. The maximum Gasteiger partial charge on any atom is 0.453 e. The summed E-state index contributed by atoms with van der Waals surface area (Å²) in [6.07, 6.45) is -4.82. The summed E-state index contributed by atoms with van der Waals surface area (Å²) in [5.41, 5.74) is -3.10. The molecule has 106 valence electrons. The Labute approximate surface area is 112 Å². The van der Waals surface area contributed by atoms with Crippen molar-refractivity contribution < 1.29 is 22.7 Å². The lowest BCUT2D eigenvalue weighted by molar-refractivity contribution is -0.274. The van der Waals surface area contributed by atoms with Crippen molar-refractivity contribution in [3.8, 4) is 0 Å². The lowest BCUT2D eigenvalue weighted by Crippen LogP contribution is -2.66. The van der Waals surface area contributed by atoms with Crippen molar-refractivity contribution in [1.82, 2.24) is 10.2 Å². The van der Waals surface area contributed by atoms with Crippen LogP contribution in [0.4, 0.5) is 18.0 Å². The second kappa shape index (κ2) is 4.12. The number of amidine groups is 1. The van der Waals surface area contributed by atoms with Gasteiger partial charge in [0.05, 0.1) is 13.1 Å². The Morgan fingerprint density at radius 2 is 2.00 bits per heavy atom. The third kappa shape index (κ3) is 1.71. The number of hydrogen-bond donors (Lipinski definition) is 1. The van der Waals surface area contributed by atoms with Crippen LogP contribution >= 0.6 is 0 Å². The van der Waals surface area contributed by atoms with Crippen LogP contribution in [0, 0.1) is 0 Å². The molecule has 1 saturated heterocycles. The summed E-state index contributed by atoms with van der Waals surface area (Å²) >= 11 is 0. The molecule has 1 aromatic carbocycles. The average molecular weight is 285 g/mol. The van der Waals surface area contributed by atoms with Crippen molar-refractivity contribution in [3.05, 3.63) is 35.9 Å². The fraction of sp³-hybridized carbons (Fsp3) is 0.333. The molecule has 2 amide bonds. The van der Waals surface area contributed by atoms with Crippen LogP contribution in [-0.2, 0) is 10.5 Å². The van der Waals surface area contributed by atoms with Crippen LogP contribution in [-0.4, -0.2) is 36.2 Å². The molecule has 2 aliphatic rings. The Balaban J connectivity index is 2.11. The SMILES string of the molecule is O=C1N[C@](c2ccccc2)(C(F)(F)F)OC2=NCCN12. The molecule has 0 bridgehead atoms. The number of carbonyl (C=O) groups is 1. The number of benzene rings is 1. The standard InChI is InChI=1S/C12H10F3N3O2/c13-12(14,15)11(8-4-2-1-3-5-8)17-9(19)18-7-6-16-10(18)20-11/h1-5H,6-7H2,(H,17,19)/t11-/m0/s1. The van der Waals surface area contributed by atoms with Gasteiger partial charge in [-0.15, -0.1) is 0 Å². The van der Waals surface area contributed by atoms with Crippen LogP contribution in [0.3, 0.4) is 0 Å². The van der Waals surface area contributed by atoms with Gasteiger partial charge in [0.15, 0.2) is 0 Å². The molecule has 1 fully saturated rings. The first-order valence-corrected chi connectivity index (χ1v) is 5.89. The summed E-state index contributed by atoms with van der Waals surface area (Å²) < 4.78 is 45.5. The quantitative estimate of drug-likeness (QED) is 0.855. The van der Waals surface area contributed by atoms with Gasteiger partial charge in [-0.1, -0.05) is 30.3 Å². The normalized spacial score (nSPS) is 25.6. The maximum atomic E-state index is 13.5. The molecule has 1 atom stereocenters. The summed E-state index contributed by atoms with van der Waals surface area (Å²) in [5.74, 6) is 0. The number of rotatable bonds is 1. The number of ether oxygens (including phenoxy) is 1. The monoisotopic (exact) mass is 285 g/mol. The fourth-order valence-electron chi connectivity index (χ4n) is 2.18. The van der Waals surface area contributed by atoms with E-state index in [-0.39, 0.29) is 24.7 Å². The first kappa shape index (κ1) is 12.8. The van der Waals surface area contributed by atoms with E-state index in [2.05, 4.69) is 4.99 Å². The first-order chi connectivity index (χ1) is 9.44. The van der Waals surface area contributed by atoms with Gasteiger partial charge in [0.25, 0.3) is 6.02 Å². The van der Waals surface area contributed by atoms with E-state index in [4.69, 9.17) is 4.74 Å². The van der Waals surface area contributed by atoms with Crippen molar-refractivity contribution in [2.24, 2.45) is 4.99 Å². The first-order valence-electron chi connectivity index (χ1n) is 5.89. The molecule has 0 saturated carbocycles. The number of carbonyl (C=O) groups excluding carboxylic acids is 1. The van der Waals surface area contributed by atoms with Crippen molar-refractivity contribution >= 4 is 12.1 Å². The molecule has 0 aromatic heterocycles. The van der Waals surface area contributed by atoms with E-state index in [1.54, 1.807) is 6.07 Å². The van der Waals surface area contributed by atoms with E-state index in [1.807, 2.05) is 5.32 Å². The number of aliphatic imine (C=N–C) groups is 1. The molecule has 0 aliphatic carbocycles. The number of nitrogens with zero attached hydrogens (tertiary/aromatic N) is 2. The van der Waals surface area contributed by atoms with Crippen LogP contribution in [0.25, 0.3) is 0 Å². The summed E-state index contributed by atoms with van der Waals surface area (Å²) in [6.45, 7) is 0.440. The average Bonchev–Trinajstić information content (AvgIpc) is 2.87. The van der Waals surface area contributed by atoms with Crippen LogP contribution in [0.2, 0.25) is 0 Å². The van der Waals surface area contributed by atoms with E-state index in [1.165, 1.54) is 24.3 Å². The highest BCUT2D eigenvalue weighted by Crippen LogP contribution is 2.42. The van der Waals surface area contributed by atoms with Gasteiger partial charge in [-0.05, 0) is 0 Å². The summed E-state index contributed by atoms with van der Waals surface area (Å²) in [6, 6.07) is 5.81. The maximum absolute atomic E-state index is 13.5. The zero-order chi connectivity index (χ0) is 14.4. The second-order valence-corrected chi connectivity index (χ2v) is 4.39. The van der Waals surface area contributed by atoms with Crippen LogP contribution in [0.15, 0.2) is 35.3 Å².